The molecule has 2 aromatic rings. The van der Waals surface area contributed by atoms with Crippen molar-refractivity contribution in [2.75, 3.05) is 0 Å². The summed E-state index contributed by atoms with van der Waals surface area (Å²) in [5.41, 5.74) is 0.988. The van der Waals surface area contributed by atoms with Gasteiger partial charge in [0.15, 0.2) is 0 Å². The zero-order valence-corrected chi connectivity index (χ0v) is 10.0. The second-order valence-electron chi connectivity index (χ2n) is 3.16. The topological polar surface area (TPSA) is 89.5 Å². The summed E-state index contributed by atoms with van der Waals surface area (Å²) in [7, 11) is -1.99. The first-order valence-electron chi connectivity index (χ1n) is 4.35. The average molecular weight is 258 g/mol. The second-order valence-corrected chi connectivity index (χ2v) is 5.44. The van der Waals surface area contributed by atoms with Crippen molar-refractivity contribution in [3.63, 3.8) is 0 Å². The summed E-state index contributed by atoms with van der Waals surface area (Å²) in [6.45, 7) is 0. The maximum Gasteiger partial charge on any atom is 0.311 e. The standard InChI is InChI=1S/C8H10N4O2S2/c1-12-6-4-2-3-5-7(6)15-8(12)10-11-16(9,13)14/h2-5,11H,1H3,(H2,9,13,14). The van der Waals surface area contributed by atoms with Crippen LogP contribution >= 0.6 is 11.3 Å². The van der Waals surface area contributed by atoms with Crippen molar-refractivity contribution in [1.82, 2.24) is 9.40 Å². The van der Waals surface area contributed by atoms with Crippen LogP contribution in [0.3, 0.4) is 0 Å². The summed E-state index contributed by atoms with van der Waals surface area (Å²) in [5, 5.41) is 8.52. The number of rotatable bonds is 2. The Morgan fingerprint density at radius 1 is 1.44 bits per heavy atom. The Kier molecular flexibility index (Phi) is 2.70. The molecule has 0 bridgehead atoms. The minimum Gasteiger partial charge on any atom is -0.318 e. The van der Waals surface area contributed by atoms with Gasteiger partial charge in [-0.25, -0.2) is 5.14 Å². The van der Waals surface area contributed by atoms with Gasteiger partial charge in [0.25, 0.3) is 0 Å². The van der Waals surface area contributed by atoms with Gasteiger partial charge in [0.2, 0.25) is 4.80 Å². The van der Waals surface area contributed by atoms with Crippen molar-refractivity contribution >= 4 is 31.8 Å². The highest BCUT2D eigenvalue weighted by Gasteiger charge is 2.02. The van der Waals surface area contributed by atoms with E-state index in [1.807, 2.05) is 36.1 Å². The van der Waals surface area contributed by atoms with E-state index in [1.165, 1.54) is 11.3 Å². The molecule has 0 amide bonds. The number of hydrogen-bond acceptors (Lipinski definition) is 4. The van der Waals surface area contributed by atoms with Gasteiger partial charge in [-0.05, 0) is 12.1 Å². The van der Waals surface area contributed by atoms with Crippen LogP contribution in [0.25, 0.3) is 10.2 Å². The van der Waals surface area contributed by atoms with Crippen molar-refractivity contribution in [3.05, 3.63) is 29.1 Å². The molecule has 0 unspecified atom stereocenters. The fourth-order valence-corrected chi connectivity index (χ4v) is 2.54. The summed E-state index contributed by atoms with van der Waals surface area (Å²) in [4.78, 5) is 2.44. The predicted octanol–water partition coefficient (Wildman–Crippen LogP) is -0.151. The van der Waals surface area contributed by atoms with Gasteiger partial charge >= 0.3 is 10.2 Å². The minimum atomic E-state index is -3.80. The van der Waals surface area contributed by atoms with Gasteiger partial charge in [-0.2, -0.15) is 13.2 Å². The van der Waals surface area contributed by atoms with E-state index < -0.39 is 10.2 Å². The highest BCUT2D eigenvalue weighted by molar-refractivity contribution is 7.87. The number of fused-ring (bicyclic) bond motifs is 1. The van der Waals surface area contributed by atoms with Gasteiger partial charge in [-0.1, -0.05) is 23.5 Å². The van der Waals surface area contributed by atoms with E-state index in [4.69, 9.17) is 5.14 Å². The van der Waals surface area contributed by atoms with Crippen LogP contribution in [0.4, 0.5) is 0 Å². The molecule has 1 heterocycles. The predicted molar refractivity (Wildman–Crippen MR) is 62.6 cm³/mol. The number of nitrogens with one attached hydrogen (secondary N) is 1. The van der Waals surface area contributed by atoms with Crippen LogP contribution in [0.1, 0.15) is 0 Å². The Balaban J connectivity index is 2.58. The zero-order chi connectivity index (χ0) is 11.8. The molecule has 1 aromatic heterocycles. The Bertz CT molecular complexity index is 683. The molecule has 0 saturated heterocycles. The van der Waals surface area contributed by atoms with E-state index >= 15 is 0 Å². The van der Waals surface area contributed by atoms with Gasteiger partial charge in [-0.15, -0.1) is 5.10 Å². The Hall–Kier alpha value is -1.38. The second kappa shape index (κ2) is 3.89. The summed E-state index contributed by atoms with van der Waals surface area (Å²) < 4.78 is 24.2. The average Bonchev–Trinajstić information content (AvgIpc) is 2.53. The van der Waals surface area contributed by atoms with E-state index in [-0.39, 0.29) is 0 Å². The third kappa shape index (κ3) is 2.23. The first kappa shape index (κ1) is 11.1. The maximum atomic E-state index is 10.7. The third-order valence-corrected chi connectivity index (χ3v) is 3.44. The smallest absolute Gasteiger partial charge is 0.311 e. The van der Waals surface area contributed by atoms with Crippen LogP contribution in [0, 0.1) is 0 Å². The van der Waals surface area contributed by atoms with E-state index in [1.54, 1.807) is 4.57 Å². The number of para-hydroxylation sites is 1. The lowest BCUT2D eigenvalue weighted by atomic mass is 10.3. The number of benzene rings is 1. The van der Waals surface area contributed by atoms with Gasteiger partial charge in [0, 0.05) is 7.05 Å². The van der Waals surface area contributed by atoms with Crippen molar-refractivity contribution in [2.45, 2.75) is 0 Å². The van der Waals surface area contributed by atoms with Crippen LogP contribution in [-0.2, 0) is 17.3 Å². The lowest BCUT2D eigenvalue weighted by molar-refractivity contribution is 0.584. The summed E-state index contributed by atoms with van der Waals surface area (Å²) >= 11 is 1.38. The van der Waals surface area contributed by atoms with Crippen LogP contribution in [0.15, 0.2) is 29.4 Å². The van der Waals surface area contributed by atoms with Crippen LogP contribution < -0.4 is 14.8 Å². The molecular weight excluding hydrogens is 248 g/mol. The highest BCUT2D eigenvalue weighted by atomic mass is 32.2. The fraction of sp³-hybridized carbons (Fsp3) is 0.125. The number of thiazole rings is 1. The number of hydrogen-bond donors (Lipinski definition) is 2. The molecule has 1 aromatic carbocycles. The molecule has 16 heavy (non-hydrogen) atoms. The number of nitrogens with two attached hydrogens (primary N) is 1. The summed E-state index contributed by atoms with van der Waals surface area (Å²) in [6, 6.07) is 7.69. The molecule has 0 atom stereocenters. The Morgan fingerprint density at radius 2 is 2.12 bits per heavy atom. The summed E-state index contributed by atoms with van der Waals surface area (Å²) in [6.07, 6.45) is 0. The van der Waals surface area contributed by atoms with Crippen molar-refractivity contribution in [3.8, 4) is 0 Å². The van der Waals surface area contributed by atoms with Gasteiger partial charge in [-0.3, -0.25) is 0 Å². The highest BCUT2D eigenvalue weighted by Crippen LogP contribution is 2.14. The fourth-order valence-electron chi connectivity index (χ4n) is 1.29. The minimum absolute atomic E-state index is 0.537. The molecule has 0 fully saturated rings. The molecule has 0 aliphatic heterocycles. The monoisotopic (exact) mass is 258 g/mol. The van der Waals surface area contributed by atoms with Crippen molar-refractivity contribution < 1.29 is 8.42 Å². The Labute approximate surface area is 96.2 Å². The number of nitrogens with zero attached hydrogens (tertiary/aromatic N) is 2. The third-order valence-electron chi connectivity index (χ3n) is 1.98. The largest absolute Gasteiger partial charge is 0.318 e. The molecule has 8 heteroatoms. The maximum absolute atomic E-state index is 10.7. The molecule has 0 saturated carbocycles. The number of aromatic nitrogens is 1. The van der Waals surface area contributed by atoms with Crippen LogP contribution in [-0.4, -0.2) is 13.0 Å². The molecule has 2 rings (SSSR count). The summed E-state index contributed by atoms with van der Waals surface area (Å²) in [5.74, 6) is 0. The SMILES string of the molecule is Cn1c(=NNS(N)(=O)=O)sc2ccccc21. The zero-order valence-electron chi connectivity index (χ0n) is 8.41. The molecule has 3 N–H and O–H groups in total. The number of aryl methyl sites for hydroxylation is 1. The van der Waals surface area contributed by atoms with Gasteiger partial charge in [0.1, 0.15) is 0 Å². The van der Waals surface area contributed by atoms with Crippen LogP contribution in [0.2, 0.25) is 0 Å². The lowest BCUT2D eigenvalue weighted by Gasteiger charge is -1.95. The molecule has 6 nitrogen and oxygen atoms in total. The molecular formula is C8H10N4O2S2. The van der Waals surface area contributed by atoms with E-state index in [0.717, 1.165) is 10.2 Å². The normalized spacial score (nSPS) is 13.2. The molecule has 0 radical (unpaired) electrons. The van der Waals surface area contributed by atoms with E-state index in [2.05, 4.69) is 5.10 Å². The lowest BCUT2D eigenvalue weighted by Crippen LogP contribution is -2.29. The molecule has 86 valence electrons. The Morgan fingerprint density at radius 3 is 2.75 bits per heavy atom. The van der Waals surface area contributed by atoms with E-state index in [9.17, 15) is 8.42 Å². The first-order valence-corrected chi connectivity index (χ1v) is 6.71. The van der Waals surface area contributed by atoms with Gasteiger partial charge in [0.05, 0.1) is 10.2 Å². The van der Waals surface area contributed by atoms with Crippen LogP contribution in [0.5, 0.6) is 0 Å². The van der Waals surface area contributed by atoms with Crippen molar-refractivity contribution in [1.29, 1.82) is 0 Å². The molecule has 0 aliphatic rings. The van der Waals surface area contributed by atoms with Crippen molar-refractivity contribution in [2.24, 2.45) is 17.3 Å². The van der Waals surface area contributed by atoms with E-state index in [0.29, 0.717) is 4.80 Å². The molecule has 0 aliphatic carbocycles. The quantitative estimate of drug-likeness (QED) is 0.733. The van der Waals surface area contributed by atoms with Gasteiger partial charge < -0.3 is 4.57 Å². The molecule has 0 spiro atoms. The first-order chi connectivity index (χ1) is 7.47.